The van der Waals surface area contributed by atoms with Crippen LogP contribution in [0.1, 0.15) is 68.1 Å². The molecule has 1 fully saturated rings. The minimum absolute atomic E-state index is 0.0857. The first kappa shape index (κ1) is 31.1. The number of nitrogens with two attached hydrogens (primary N) is 1. The normalized spacial score (nSPS) is 14.4. The second kappa shape index (κ2) is 13.7. The number of piperazine rings is 1. The van der Waals surface area contributed by atoms with E-state index in [2.05, 4.69) is 4.98 Å². The van der Waals surface area contributed by atoms with E-state index in [0.717, 1.165) is 0 Å². The van der Waals surface area contributed by atoms with Crippen LogP contribution in [0, 0.1) is 5.41 Å². The van der Waals surface area contributed by atoms with E-state index in [-0.39, 0.29) is 56.2 Å². The van der Waals surface area contributed by atoms with Crippen molar-refractivity contribution >= 4 is 29.6 Å². The standard InChI is InChI=1S/C29H37N5O7/c1-5-39-24(35)17-22(20-8-6-11-32-18-20)34-14-13-33(26(36)27(34)37)12-7-15-40-23-10-9-19(16-21(23)25(30)31)28(38)41-29(2,3)4/h6,8-11,16,18,22H,5,7,12-15,17H2,1-4H3,(H3,30,31). The van der Waals surface area contributed by atoms with E-state index in [1.165, 1.54) is 21.9 Å². The number of benzene rings is 1. The van der Waals surface area contributed by atoms with E-state index >= 15 is 0 Å². The summed E-state index contributed by atoms with van der Waals surface area (Å²) >= 11 is 0. The van der Waals surface area contributed by atoms with Crippen LogP contribution >= 0.6 is 0 Å². The molecule has 220 valence electrons. The average molecular weight is 568 g/mol. The van der Waals surface area contributed by atoms with Crippen LogP contribution in [0.15, 0.2) is 42.7 Å². The SMILES string of the molecule is CCOC(=O)CC(c1cccnc1)N1CCN(CCCOc2ccc(C(=O)OC(C)(C)C)cc2C(=N)N)C(=O)C1=O. The molecule has 3 N–H and O–H groups in total. The van der Waals surface area contributed by atoms with Gasteiger partial charge in [0.2, 0.25) is 0 Å². The molecule has 3 rings (SSSR count). The summed E-state index contributed by atoms with van der Waals surface area (Å²) in [6, 6.07) is 7.32. The summed E-state index contributed by atoms with van der Waals surface area (Å²) in [5.41, 5.74) is 6.17. The van der Waals surface area contributed by atoms with Crippen LogP contribution in [0.4, 0.5) is 0 Å². The van der Waals surface area contributed by atoms with Gasteiger partial charge in [-0.1, -0.05) is 6.07 Å². The molecule has 1 aromatic heterocycles. The zero-order valence-electron chi connectivity index (χ0n) is 23.8. The Balaban J connectivity index is 1.60. The summed E-state index contributed by atoms with van der Waals surface area (Å²) in [4.78, 5) is 57.6. The Kier molecular flexibility index (Phi) is 10.4. The first-order valence-electron chi connectivity index (χ1n) is 13.4. The highest BCUT2D eigenvalue weighted by Crippen LogP contribution is 2.27. The van der Waals surface area contributed by atoms with E-state index in [1.807, 2.05) is 0 Å². The molecule has 1 unspecified atom stereocenters. The van der Waals surface area contributed by atoms with E-state index in [1.54, 1.807) is 58.3 Å². The third kappa shape index (κ3) is 8.50. The van der Waals surface area contributed by atoms with Crippen molar-refractivity contribution in [2.75, 3.05) is 32.8 Å². The minimum atomic E-state index is -0.702. The molecule has 0 spiro atoms. The maximum absolute atomic E-state index is 13.1. The number of hydrogen-bond acceptors (Lipinski definition) is 9. The lowest BCUT2D eigenvalue weighted by Crippen LogP contribution is -2.55. The van der Waals surface area contributed by atoms with E-state index in [9.17, 15) is 19.2 Å². The van der Waals surface area contributed by atoms with Crippen LogP contribution in [-0.4, -0.2) is 82.8 Å². The van der Waals surface area contributed by atoms with Crippen molar-refractivity contribution in [3.63, 3.8) is 0 Å². The molecule has 2 amide bonds. The van der Waals surface area contributed by atoms with Crippen molar-refractivity contribution in [2.45, 2.75) is 52.2 Å². The van der Waals surface area contributed by atoms with Crippen LogP contribution < -0.4 is 10.5 Å². The first-order chi connectivity index (χ1) is 19.4. The van der Waals surface area contributed by atoms with Crippen LogP contribution in [0.25, 0.3) is 0 Å². The highest BCUT2D eigenvalue weighted by Gasteiger charge is 2.38. The van der Waals surface area contributed by atoms with Crippen LogP contribution in [0.2, 0.25) is 0 Å². The molecule has 1 atom stereocenters. The smallest absolute Gasteiger partial charge is 0.338 e. The van der Waals surface area contributed by atoms with Gasteiger partial charge in [0.15, 0.2) is 0 Å². The van der Waals surface area contributed by atoms with E-state index < -0.39 is 35.4 Å². The zero-order valence-corrected chi connectivity index (χ0v) is 23.8. The third-order valence-corrected chi connectivity index (χ3v) is 6.19. The highest BCUT2D eigenvalue weighted by atomic mass is 16.6. The summed E-state index contributed by atoms with van der Waals surface area (Å²) in [5, 5.41) is 7.88. The molecule has 2 aromatic rings. The van der Waals surface area contributed by atoms with Crippen molar-refractivity contribution in [1.82, 2.24) is 14.8 Å². The van der Waals surface area contributed by atoms with Gasteiger partial charge in [-0.2, -0.15) is 0 Å². The molecular weight excluding hydrogens is 530 g/mol. The number of pyridine rings is 1. The van der Waals surface area contributed by atoms with Gasteiger partial charge in [-0.05, 0) is 63.9 Å². The Morgan fingerprint density at radius 1 is 1.15 bits per heavy atom. The number of carbonyl (C=O) groups is 4. The van der Waals surface area contributed by atoms with Gasteiger partial charge in [-0.25, -0.2) is 4.79 Å². The molecule has 1 aliphatic heterocycles. The van der Waals surface area contributed by atoms with Crippen molar-refractivity contribution in [1.29, 1.82) is 5.41 Å². The quantitative estimate of drug-likeness (QED) is 0.129. The maximum Gasteiger partial charge on any atom is 0.338 e. The second-order valence-corrected chi connectivity index (χ2v) is 10.4. The average Bonchev–Trinajstić information content (AvgIpc) is 2.92. The van der Waals surface area contributed by atoms with Crippen molar-refractivity contribution < 1.29 is 33.4 Å². The molecule has 0 aliphatic carbocycles. The number of nitrogen functional groups attached to an aromatic ring is 1. The van der Waals surface area contributed by atoms with E-state index in [0.29, 0.717) is 17.7 Å². The molecule has 41 heavy (non-hydrogen) atoms. The Labute approximate surface area is 239 Å². The van der Waals surface area contributed by atoms with Gasteiger partial charge >= 0.3 is 23.8 Å². The fourth-order valence-corrected chi connectivity index (χ4v) is 4.33. The van der Waals surface area contributed by atoms with Crippen LogP contribution in [-0.2, 0) is 23.9 Å². The van der Waals surface area contributed by atoms with Crippen LogP contribution in [0.5, 0.6) is 5.75 Å². The summed E-state index contributed by atoms with van der Waals surface area (Å²) in [5.74, 6) is -2.33. The number of aromatic nitrogens is 1. The maximum atomic E-state index is 13.1. The predicted octanol–water partition coefficient (Wildman–Crippen LogP) is 2.46. The fraction of sp³-hybridized carbons (Fsp3) is 0.448. The molecule has 12 nitrogen and oxygen atoms in total. The van der Waals surface area contributed by atoms with Crippen molar-refractivity contribution in [3.8, 4) is 5.75 Å². The van der Waals surface area contributed by atoms with Gasteiger partial charge in [0.05, 0.1) is 36.8 Å². The lowest BCUT2D eigenvalue weighted by atomic mass is 10.0. The summed E-state index contributed by atoms with van der Waals surface area (Å²) in [6.07, 6.45) is 3.48. The number of esters is 2. The Bertz CT molecular complexity index is 1280. The molecule has 2 heterocycles. The van der Waals surface area contributed by atoms with Gasteiger partial charge in [0, 0.05) is 32.0 Å². The number of amidine groups is 1. The van der Waals surface area contributed by atoms with Crippen molar-refractivity contribution in [3.05, 3.63) is 59.4 Å². The Hall–Kier alpha value is -4.48. The van der Waals surface area contributed by atoms with E-state index in [4.69, 9.17) is 25.4 Å². The van der Waals surface area contributed by atoms with Gasteiger partial charge in [0.25, 0.3) is 0 Å². The number of amides is 2. The summed E-state index contributed by atoms with van der Waals surface area (Å²) in [7, 11) is 0. The largest absolute Gasteiger partial charge is 0.493 e. The highest BCUT2D eigenvalue weighted by molar-refractivity contribution is 6.35. The first-order valence-corrected chi connectivity index (χ1v) is 13.4. The summed E-state index contributed by atoms with van der Waals surface area (Å²) < 4.78 is 16.3. The number of carbonyl (C=O) groups excluding carboxylic acids is 4. The van der Waals surface area contributed by atoms with Gasteiger partial charge in [-0.15, -0.1) is 0 Å². The number of nitrogens with zero attached hydrogens (tertiary/aromatic N) is 3. The summed E-state index contributed by atoms with van der Waals surface area (Å²) in [6.45, 7) is 8.16. The lowest BCUT2D eigenvalue weighted by molar-refractivity contribution is -0.159. The number of rotatable bonds is 12. The lowest BCUT2D eigenvalue weighted by Gasteiger charge is -2.38. The molecule has 0 saturated carbocycles. The Morgan fingerprint density at radius 2 is 1.90 bits per heavy atom. The Morgan fingerprint density at radius 3 is 2.54 bits per heavy atom. The molecule has 0 radical (unpaired) electrons. The molecule has 1 aromatic carbocycles. The third-order valence-electron chi connectivity index (χ3n) is 6.19. The number of nitrogens with one attached hydrogen (secondary N) is 1. The predicted molar refractivity (Wildman–Crippen MR) is 149 cm³/mol. The minimum Gasteiger partial charge on any atom is -0.493 e. The van der Waals surface area contributed by atoms with Crippen LogP contribution in [0.3, 0.4) is 0 Å². The molecule has 12 heteroatoms. The van der Waals surface area contributed by atoms with Gasteiger partial charge in [0.1, 0.15) is 17.2 Å². The number of ether oxygens (including phenoxy) is 3. The zero-order chi connectivity index (χ0) is 30.2. The molecular formula is C29H37N5O7. The van der Waals surface area contributed by atoms with Gasteiger partial charge < -0.3 is 29.7 Å². The van der Waals surface area contributed by atoms with Gasteiger partial charge in [-0.3, -0.25) is 24.8 Å². The van der Waals surface area contributed by atoms with Crippen molar-refractivity contribution in [2.24, 2.45) is 5.73 Å². The molecule has 1 aliphatic rings. The molecule has 1 saturated heterocycles. The second-order valence-electron chi connectivity index (χ2n) is 10.4. The molecule has 0 bridgehead atoms. The topological polar surface area (TPSA) is 165 Å². The monoisotopic (exact) mass is 567 g/mol. The fourth-order valence-electron chi connectivity index (χ4n) is 4.33. The number of hydrogen-bond donors (Lipinski definition) is 2.